The monoisotopic (exact) mass is 305 g/mol. The second-order valence-electron chi connectivity index (χ2n) is 4.11. The summed E-state index contributed by atoms with van der Waals surface area (Å²) in [5, 5.41) is 0.231. The third-order valence-corrected chi connectivity index (χ3v) is 3.90. The van der Waals surface area contributed by atoms with E-state index in [1.54, 1.807) is 6.92 Å². The average molecular weight is 305 g/mol. The lowest BCUT2D eigenvalue weighted by Crippen LogP contribution is -2.20. The quantitative estimate of drug-likeness (QED) is 0.818. The van der Waals surface area contributed by atoms with E-state index in [0.29, 0.717) is 5.52 Å². The van der Waals surface area contributed by atoms with E-state index in [1.807, 2.05) is 0 Å². The number of aryl methyl sites for hydroxylation is 1. The largest absolute Gasteiger partial charge is 0.413 e. The zero-order valence-electron chi connectivity index (χ0n) is 10.3. The highest BCUT2D eigenvalue weighted by Crippen LogP contribution is 2.27. The van der Waals surface area contributed by atoms with Crippen molar-refractivity contribution < 1.29 is 25.8 Å². The number of nitrogens with zero attached hydrogens (tertiary/aromatic N) is 1. The van der Waals surface area contributed by atoms with Gasteiger partial charge in [-0.2, -0.15) is 21.6 Å². The summed E-state index contributed by atoms with van der Waals surface area (Å²) in [5.74, 6) is 0. The van der Waals surface area contributed by atoms with Gasteiger partial charge in [-0.05, 0) is 30.7 Å². The number of rotatable bonds is 3. The molecule has 4 nitrogen and oxygen atoms in total. The molecule has 108 valence electrons. The maximum atomic E-state index is 12.1. The Labute approximate surface area is 113 Å². The summed E-state index contributed by atoms with van der Waals surface area (Å²) >= 11 is 0. The first-order valence-electron chi connectivity index (χ1n) is 5.51. The summed E-state index contributed by atoms with van der Waals surface area (Å²) in [7, 11) is -4.50. The second kappa shape index (κ2) is 5.02. The lowest BCUT2D eigenvalue weighted by Gasteiger charge is -2.11. The summed E-state index contributed by atoms with van der Waals surface area (Å²) < 4.78 is 64.0. The highest BCUT2D eigenvalue weighted by Gasteiger charge is 2.32. The Bertz CT molecular complexity index is 741. The van der Waals surface area contributed by atoms with Crippen LogP contribution in [0.4, 0.5) is 13.2 Å². The van der Waals surface area contributed by atoms with E-state index in [0.717, 1.165) is 5.56 Å². The molecule has 0 fully saturated rings. The highest BCUT2D eigenvalue weighted by molar-refractivity contribution is 7.87. The van der Waals surface area contributed by atoms with Gasteiger partial charge >= 0.3 is 6.18 Å². The van der Waals surface area contributed by atoms with Gasteiger partial charge in [-0.1, -0.05) is 6.07 Å². The van der Waals surface area contributed by atoms with E-state index in [1.165, 1.54) is 30.5 Å². The van der Waals surface area contributed by atoms with E-state index >= 15 is 0 Å². The average Bonchev–Trinajstić information content (AvgIpc) is 2.36. The van der Waals surface area contributed by atoms with Crippen LogP contribution in [0.1, 0.15) is 5.56 Å². The van der Waals surface area contributed by atoms with Gasteiger partial charge in [-0.15, -0.1) is 0 Å². The minimum absolute atomic E-state index is 0.231. The molecular weight excluding hydrogens is 295 g/mol. The summed E-state index contributed by atoms with van der Waals surface area (Å²) in [5.41, 5.74) is 1.12. The van der Waals surface area contributed by atoms with Gasteiger partial charge in [0.05, 0.1) is 5.52 Å². The van der Waals surface area contributed by atoms with Gasteiger partial charge in [0, 0.05) is 11.6 Å². The number of halogens is 3. The van der Waals surface area contributed by atoms with Crippen molar-refractivity contribution in [1.29, 1.82) is 0 Å². The summed E-state index contributed by atoms with van der Waals surface area (Å²) in [6.07, 6.45) is -3.24. The molecule has 0 radical (unpaired) electrons. The Morgan fingerprint density at radius 1 is 1.25 bits per heavy atom. The van der Waals surface area contributed by atoms with Crippen LogP contribution in [0.25, 0.3) is 10.9 Å². The van der Waals surface area contributed by atoms with Gasteiger partial charge in [-0.25, -0.2) is 0 Å². The fraction of sp³-hybridized carbons (Fsp3) is 0.250. The minimum atomic E-state index is -4.72. The standard InChI is InChI=1S/C12H10F3NO3S/c1-8-4-5-10(9-3-2-6-16-11(8)9)20(17,18)19-7-12(13,14)15/h2-6H,7H2,1H3. The van der Waals surface area contributed by atoms with Crippen molar-refractivity contribution in [2.24, 2.45) is 0 Å². The van der Waals surface area contributed by atoms with Gasteiger partial charge < -0.3 is 0 Å². The fourth-order valence-electron chi connectivity index (χ4n) is 1.71. The minimum Gasteiger partial charge on any atom is -0.257 e. The predicted octanol–water partition coefficient (Wildman–Crippen LogP) is 2.81. The molecule has 1 heterocycles. The van der Waals surface area contributed by atoms with E-state index in [9.17, 15) is 21.6 Å². The number of aromatic nitrogens is 1. The van der Waals surface area contributed by atoms with Crippen LogP contribution in [-0.2, 0) is 14.3 Å². The molecule has 20 heavy (non-hydrogen) atoms. The molecule has 0 spiro atoms. The third kappa shape index (κ3) is 3.07. The molecular formula is C12H10F3NO3S. The molecule has 8 heteroatoms. The molecule has 1 aromatic carbocycles. The number of benzene rings is 1. The molecule has 2 aromatic rings. The SMILES string of the molecule is Cc1ccc(S(=O)(=O)OCC(F)(F)F)c2cccnc12. The van der Waals surface area contributed by atoms with Gasteiger partial charge in [-0.3, -0.25) is 9.17 Å². The zero-order chi connectivity index (χ0) is 15.0. The predicted molar refractivity (Wildman–Crippen MR) is 65.7 cm³/mol. The molecule has 0 saturated heterocycles. The van der Waals surface area contributed by atoms with Crippen LogP contribution in [0, 0.1) is 6.92 Å². The molecule has 1 aromatic heterocycles. The third-order valence-electron chi connectivity index (χ3n) is 2.58. The first kappa shape index (κ1) is 14.7. The van der Waals surface area contributed by atoms with Crippen molar-refractivity contribution in [2.75, 3.05) is 6.61 Å². The Morgan fingerprint density at radius 3 is 2.60 bits per heavy atom. The Kier molecular flexibility index (Phi) is 3.70. The van der Waals surface area contributed by atoms with E-state index in [2.05, 4.69) is 9.17 Å². The Hall–Kier alpha value is -1.67. The smallest absolute Gasteiger partial charge is 0.257 e. The van der Waals surface area contributed by atoms with Crippen molar-refractivity contribution in [2.45, 2.75) is 18.0 Å². The molecule has 0 aliphatic carbocycles. The maximum Gasteiger partial charge on any atom is 0.413 e. The van der Waals surface area contributed by atoms with Crippen molar-refractivity contribution in [3.8, 4) is 0 Å². The Balaban J connectivity index is 2.50. The molecule has 0 aliphatic rings. The molecule has 0 aliphatic heterocycles. The van der Waals surface area contributed by atoms with Crippen LogP contribution in [0.15, 0.2) is 35.4 Å². The number of hydrogen-bond donors (Lipinski definition) is 0. The summed E-state index contributed by atoms with van der Waals surface area (Å²) in [4.78, 5) is 3.70. The van der Waals surface area contributed by atoms with Crippen LogP contribution >= 0.6 is 0 Å². The van der Waals surface area contributed by atoms with Crippen LogP contribution in [0.5, 0.6) is 0 Å². The zero-order valence-corrected chi connectivity index (χ0v) is 11.1. The molecule has 0 N–H and O–H groups in total. The normalized spacial score (nSPS) is 12.8. The molecule has 0 atom stereocenters. The molecule has 0 unspecified atom stereocenters. The lowest BCUT2D eigenvalue weighted by atomic mass is 10.1. The van der Waals surface area contributed by atoms with Gasteiger partial charge in [0.25, 0.3) is 10.1 Å². The number of alkyl halides is 3. The van der Waals surface area contributed by atoms with Crippen LogP contribution in [-0.4, -0.2) is 26.2 Å². The molecule has 2 rings (SSSR count). The van der Waals surface area contributed by atoms with Crippen LogP contribution < -0.4 is 0 Å². The number of hydrogen-bond acceptors (Lipinski definition) is 4. The highest BCUT2D eigenvalue weighted by atomic mass is 32.2. The topological polar surface area (TPSA) is 56.3 Å². The first-order valence-corrected chi connectivity index (χ1v) is 6.92. The first-order chi connectivity index (χ1) is 9.21. The second-order valence-corrected chi connectivity index (χ2v) is 5.70. The van der Waals surface area contributed by atoms with Crippen molar-refractivity contribution in [3.63, 3.8) is 0 Å². The van der Waals surface area contributed by atoms with Gasteiger partial charge in [0.2, 0.25) is 0 Å². The summed E-state index contributed by atoms with van der Waals surface area (Å²) in [6.45, 7) is -0.132. The van der Waals surface area contributed by atoms with E-state index in [4.69, 9.17) is 0 Å². The van der Waals surface area contributed by atoms with Crippen LogP contribution in [0.2, 0.25) is 0 Å². The van der Waals surface area contributed by atoms with E-state index in [-0.39, 0.29) is 10.3 Å². The molecule has 0 bridgehead atoms. The van der Waals surface area contributed by atoms with Crippen molar-refractivity contribution >= 4 is 21.0 Å². The number of fused-ring (bicyclic) bond motifs is 1. The number of pyridine rings is 1. The maximum absolute atomic E-state index is 12.1. The molecule has 0 amide bonds. The van der Waals surface area contributed by atoms with Crippen molar-refractivity contribution in [1.82, 2.24) is 4.98 Å². The molecule has 0 saturated carbocycles. The Morgan fingerprint density at radius 2 is 1.95 bits per heavy atom. The van der Waals surface area contributed by atoms with Gasteiger partial charge in [0.1, 0.15) is 4.90 Å². The summed E-state index contributed by atoms with van der Waals surface area (Å²) in [6, 6.07) is 5.66. The lowest BCUT2D eigenvalue weighted by molar-refractivity contribution is -0.152. The van der Waals surface area contributed by atoms with Crippen LogP contribution in [0.3, 0.4) is 0 Å². The van der Waals surface area contributed by atoms with Crippen molar-refractivity contribution in [3.05, 3.63) is 36.0 Å². The fourth-order valence-corrected chi connectivity index (χ4v) is 2.80. The van der Waals surface area contributed by atoms with Gasteiger partial charge in [0.15, 0.2) is 6.61 Å². The van der Waals surface area contributed by atoms with E-state index < -0.39 is 22.9 Å².